The van der Waals surface area contributed by atoms with Crippen LogP contribution >= 0.6 is 7.82 Å². The van der Waals surface area contributed by atoms with Gasteiger partial charge in [0.25, 0.3) is 0 Å². The lowest BCUT2D eigenvalue weighted by Gasteiger charge is -2.20. The molecule has 6 nitrogen and oxygen atoms in total. The van der Waals surface area contributed by atoms with Crippen molar-refractivity contribution in [3.63, 3.8) is 0 Å². The first-order valence-corrected chi connectivity index (χ1v) is 8.10. The molecule has 0 fully saturated rings. The van der Waals surface area contributed by atoms with E-state index in [2.05, 4.69) is 0 Å². The quantitative estimate of drug-likeness (QED) is 0.726. The van der Waals surface area contributed by atoms with E-state index in [1.165, 1.54) is 0 Å². The van der Waals surface area contributed by atoms with E-state index < -0.39 is 20.5 Å². The zero-order valence-electron chi connectivity index (χ0n) is 11.7. The molecule has 0 saturated carbocycles. The van der Waals surface area contributed by atoms with Crippen LogP contribution in [0.1, 0.15) is 0 Å². The van der Waals surface area contributed by atoms with Crippen LogP contribution in [-0.4, -0.2) is 29.5 Å². The third kappa shape index (κ3) is 5.16. The van der Waals surface area contributed by atoms with Gasteiger partial charge in [0, 0.05) is 0 Å². The summed E-state index contributed by atoms with van der Waals surface area (Å²) < 4.78 is 28.4. The Balaban J connectivity index is 2.14. The fourth-order valence-electron chi connectivity index (χ4n) is 1.52. The zero-order chi connectivity index (χ0) is 15.8. The highest BCUT2D eigenvalue weighted by Crippen LogP contribution is 2.49. The molecule has 2 aromatic carbocycles. The van der Waals surface area contributed by atoms with Gasteiger partial charge in [-0.25, -0.2) is 4.57 Å². The van der Waals surface area contributed by atoms with Crippen LogP contribution in [0.5, 0.6) is 11.5 Å². The molecule has 0 aliphatic rings. The maximum absolute atomic E-state index is 12.7. The Bertz CT molecular complexity index is 558. The highest BCUT2D eigenvalue weighted by atomic mass is 31.2. The van der Waals surface area contributed by atoms with Crippen LogP contribution < -0.4 is 9.05 Å². The lowest BCUT2D eigenvalue weighted by molar-refractivity contribution is 0.0440. The third-order valence-electron chi connectivity index (χ3n) is 2.56. The number of hydrogen-bond acceptors (Lipinski definition) is 6. The van der Waals surface area contributed by atoms with E-state index in [0.717, 1.165) is 0 Å². The molecule has 0 aromatic heterocycles. The minimum absolute atomic E-state index is 0.306. The van der Waals surface area contributed by atoms with E-state index in [9.17, 15) is 9.67 Å². The number of rotatable bonds is 8. The molecule has 2 rings (SSSR count). The van der Waals surface area contributed by atoms with Crippen molar-refractivity contribution < 1.29 is 28.3 Å². The highest BCUT2D eigenvalue weighted by molar-refractivity contribution is 7.49. The van der Waals surface area contributed by atoms with Crippen molar-refractivity contribution in [1.82, 2.24) is 0 Å². The van der Waals surface area contributed by atoms with E-state index in [4.69, 9.17) is 18.7 Å². The number of para-hydroxylation sites is 2. The van der Waals surface area contributed by atoms with Crippen LogP contribution in [0.4, 0.5) is 0 Å². The van der Waals surface area contributed by atoms with Crippen LogP contribution in [0.25, 0.3) is 0 Å². The summed E-state index contributed by atoms with van der Waals surface area (Å²) in [5.41, 5.74) is 0. The van der Waals surface area contributed by atoms with E-state index in [1.54, 1.807) is 60.7 Å². The Labute approximate surface area is 128 Å². The predicted molar refractivity (Wildman–Crippen MR) is 80.8 cm³/mol. The Hall–Kier alpha value is -1.85. The van der Waals surface area contributed by atoms with E-state index in [-0.39, 0.29) is 6.61 Å². The minimum Gasteiger partial charge on any atom is -0.395 e. The largest absolute Gasteiger partial charge is 0.587 e. The number of phosphoric ester groups is 1. The van der Waals surface area contributed by atoms with Gasteiger partial charge >= 0.3 is 7.82 Å². The molecule has 0 unspecified atom stereocenters. The summed E-state index contributed by atoms with van der Waals surface area (Å²) in [7, 11) is -4.00. The average Bonchev–Trinajstić information content (AvgIpc) is 2.54. The van der Waals surface area contributed by atoms with Crippen LogP contribution in [-0.2, 0) is 9.09 Å². The van der Waals surface area contributed by atoms with Crippen molar-refractivity contribution in [2.24, 2.45) is 0 Å². The first-order valence-electron chi connectivity index (χ1n) is 6.64. The molecule has 1 atom stereocenters. The van der Waals surface area contributed by atoms with Crippen LogP contribution in [0.15, 0.2) is 60.7 Å². The second-order valence-corrected chi connectivity index (χ2v) is 5.91. The fourth-order valence-corrected chi connectivity index (χ4v) is 2.78. The van der Waals surface area contributed by atoms with Crippen molar-refractivity contribution >= 4 is 7.82 Å². The molecule has 0 heterocycles. The van der Waals surface area contributed by atoms with Gasteiger partial charge in [-0.2, -0.15) is 0 Å². The summed E-state index contributed by atoms with van der Waals surface area (Å²) in [6.07, 6.45) is -1.17. The third-order valence-corrected chi connectivity index (χ3v) is 3.89. The topological polar surface area (TPSA) is 85.2 Å². The molecule has 2 aromatic rings. The van der Waals surface area contributed by atoms with Gasteiger partial charge in [-0.05, 0) is 24.3 Å². The van der Waals surface area contributed by atoms with Crippen LogP contribution in [0.3, 0.4) is 0 Å². The van der Waals surface area contributed by atoms with E-state index in [0.29, 0.717) is 11.5 Å². The fraction of sp³-hybridized carbons (Fsp3) is 0.200. The predicted octanol–water partition coefficient (Wildman–Crippen LogP) is 2.62. The normalized spacial score (nSPS) is 12.6. The molecule has 118 valence electrons. The Morgan fingerprint density at radius 3 is 1.77 bits per heavy atom. The summed E-state index contributed by atoms with van der Waals surface area (Å²) in [5.74, 6) is 0.612. The standard InChI is InChI=1S/C15H17O6P/c16-11-13(17)12-19-22(18,20-14-7-3-1-4-8-14)21-15-9-5-2-6-10-15/h1-10,13,16-17H,11-12H2/t13-/m1/s1. The lowest BCUT2D eigenvalue weighted by Crippen LogP contribution is -2.20. The molecule has 7 heteroatoms. The number of benzene rings is 2. The van der Waals surface area contributed by atoms with Crippen molar-refractivity contribution in [2.75, 3.05) is 13.2 Å². The Kier molecular flexibility index (Phi) is 5.98. The minimum atomic E-state index is -4.00. The van der Waals surface area contributed by atoms with Gasteiger partial charge in [0.1, 0.15) is 17.6 Å². The summed E-state index contributed by atoms with van der Waals surface area (Å²) >= 11 is 0. The van der Waals surface area contributed by atoms with Crippen molar-refractivity contribution in [3.05, 3.63) is 60.7 Å². The van der Waals surface area contributed by atoms with Crippen LogP contribution in [0, 0.1) is 0 Å². The molecule has 0 aliphatic heterocycles. The molecule has 0 bridgehead atoms. The maximum atomic E-state index is 12.7. The SMILES string of the molecule is O=P(OC[C@H](O)CO)(Oc1ccccc1)Oc1ccccc1. The van der Waals surface area contributed by atoms with Gasteiger partial charge in [0.15, 0.2) is 0 Å². The number of phosphoric acid groups is 1. The second kappa shape index (κ2) is 7.96. The van der Waals surface area contributed by atoms with Gasteiger partial charge in [0.05, 0.1) is 13.2 Å². The smallest absolute Gasteiger partial charge is 0.395 e. The lowest BCUT2D eigenvalue weighted by atomic mass is 10.3. The Morgan fingerprint density at radius 2 is 1.36 bits per heavy atom. The molecule has 0 aliphatic carbocycles. The number of aliphatic hydroxyl groups is 2. The zero-order valence-corrected chi connectivity index (χ0v) is 12.6. The molecule has 0 amide bonds. The van der Waals surface area contributed by atoms with Gasteiger partial charge in [-0.1, -0.05) is 36.4 Å². The van der Waals surface area contributed by atoms with Gasteiger partial charge in [0.2, 0.25) is 0 Å². The monoisotopic (exact) mass is 324 g/mol. The summed E-state index contributed by atoms with van der Waals surface area (Å²) in [6, 6.07) is 16.8. The van der Waals surface area contributed by atoms with Crippen LogP contribution in [0.2, 0.25) is 0 Å². The average molecular weight is 324 g/mol. The summed E-state index contributed by atoms with van der Waals surface area (Å²) in [6.45, 7) is -0.899. The van der Waals surface area contributed by atoms with E-state index in [1.807, 2.05) is 0 Å². The maximum Gasteiger partial charge on any atom is 0.587 e. The Morgan fingerprint density at radius 1 is 0.909 bits per heavy atom. The molecular formula is C15H17O6P. The first-order chi connectivity index (χ1) is 10.6. The summed E-state index contributed by atoms with van der Waals surface area (Å²) in [4.78, 5) is 0. The first kappa shape index (κ1) is 16.5. The van der Waals surface area contributed by atoms with Gasteiger partial charge in [-0.3, -0.25) is 4.52 Å². The number of aliphatic hydroxyl groups excluding tert-OH is 2. The van der Waals surface area contributed by atoms with Gasteiger partial charge < -0.3 is 19.3 Å². The molecule has 0 spiro atoms. The summed E-state index contributed by atoms with van der Waals surface area (Å²) in [5, 5.41) is 18.2. The molecule has 2 N–H and O–H groups in total. The van der Waals surface area contributed by atoms with Crippen molar-refractivity contribution in [3.8, 4) is 11.5 Å². The highest BCUT2D eigenvalue weighted by Gasteiger charge is 2.31. The van der Waals surface area contributed by atoms with Crippen molar-refractivity contribution in [2.45, 2.75) is 6.10 Å². The van der Waals surface area contributed by atoms with Crippen molar-refractivity contribution in [1.29, 1.82) is 0 Å². The van der Waals surface area contributed by atoms with Gasteiger partial charge in [-0.15, -0.1) is 0 Å². The molecule has 22 heavy (non-hydrogen) atoms. The van der Waals surface area contributed by atoms with E-state index >= 15 is 0 Å². The molecule has 0 saturated heterocycles. The number of hydrogen-bond donors (Lipinski definition) is 2. The molecule has 0 radical (unpaired) electrons. The second-order valence-electron chi connectivity index (χ2n) is 4.39. The molecular weight excluding hydrogens is 307 g/mol.